The molecule has 0 radical (unpaired) electrons. The van der Waals surface area contributed by atoms with E-state index < -0.39 is 5.97 Å². The van der Waals surface area contributed by atoms with Gasteiger partial charge in [-0.15, -0.1) is 0 Å². The summed E-state index contributed by atoms with van der Waals surface area (Å²) in [5, 5.41) is 9.67. The molecule has 0 fully saturated rings. The monoisotopic (exact) mass is 222 g/mol. The summed E-state index contributed by atoms with van der Waals surface area (Å²) in [6.07, 6.45) is 1.63. The summed E-state index contributed by atoms with van der Waals surface area (Å²) < 4.78 is 0. The SMILES string of the molecule is Cc1cnc2nc(C(=O)O)c(Cl)cc2c1. The Labute approximate surface area is 90.5 Å². The number of carboxylic acid groups (broad SMARTS) is 1. The van der Waals surface area contributed by atoms with Crippen molar-refractivity contribution in [3.05, 3.63) is 34.6 Å². The Bertz CT molecular complexity index is 554. The van der Waals surface area contributed by atoms with Crippen LogP contribution in [0.1, 0.15) is 16.1 Å². The van der Waals surface area contributed by atoms with Crippen LogP contribution >= 0.6 is 11.6 Å². The topological polar surface area (TPSA) is 63.1 Å². The van der Waals surface area contributed by atoms with Crippen LogP contribution < -0.4 is 0 Å². The summed E-state index contributed by atoms with van der Waals surface area (Å²) in [5.41, 5.74) is 1.20. The molecular weight excluding hydrogens is 216 g/mol. The van der Waals surface area contributed by atoms with Crippen molar-refractivity contribution in [1.29, 1.82) is 0 Å². The van der Waals surface area contributed by atoms with Crippen molar-refractivity contribution in [2.45, 2.75) is 6.92 Å². The summed E-state index contributed by atoms with van der Waals surface area (Å²) in [4.78, 5) is 18.7. The minimum absolute atomic E-state index is 0.127. The van der Waals surface area contributed by atoms with Gasteiger partial charge in [-0.05, 0) is 24.6 Å². The molecule has 0 aliphatic rings. The third-order valence-electron chi connectivity index (χ3n) is 1.96. The molecule has 0 bridgehead atoms. The van der Waals surface area contributed by atoms with Gasteiger partial charge in [0.15, 0.2) is 11.3 Å². The Morgan fingerprint density at radius 1 is 1.47 bits per heavy atom. The van der Waals surface area contributed by atoms with Gasteiger partial charge in [-0.3, -0.25) is 0 Å². The lowest BCUT2D eigenvalue weighted by molar-refractivity contribution is 0.0691. The zero-order valence-electron chi connectivity index (χ0n) is 7.86. The van der Waals surface area contributed by atoms with Gasteiger partial charge in [-0.25, -0.2) is 14.8 Å². The molecule has 76 valence electrons. The molecule has 2 aromatic rings. The quantitative estimate of drug-likeness (QED) is 0.804. The number of pyridine rings is 2. The number of nitrogens with zero attached hydrogens (tertiary/aromatic N) is 2. The third-order valence-corrected chi connectivity index (χ3v) is 2.25. The second kappa shape index (κ2) is 3.47. The van der Waals surface area contributed by atoms with Crippen molar-refractivity contribution in [2.75, 3.05) is 0 Å². The van der Waals surface area contributed by atoms with Gasteiger partial charge in [-0.1, -0.05) is 11.6 Å². The predicted octanol–water partition coefficient (Wildman–Crippen LogP) is 2.29. The summed E-state index contributed by atoms with van der Waals surface area (Å²) in [6.45, 7) is 1.89. The van der Waals surface area contributed by atoms with E-state index in [2.05, 4.69) is 9.97 Å². The normalized spacial score (nSPS) is 10.5. The first kappa shape index (κ1) is 9.86. The summed E-state index contributed by atoms with van der Waals surface area (Å²) in [6, 6.07) is 3.42. The second-order valence-corrected chi connectivity index (χ2v) is 3.59. The van der Waals surface area contributed by atoms with Gasteiger partial charge in [0.2, 0.25) is 0 Å². The highest BCUT2D eigenvalue weighted by atomic mass is 35.5. The van der Waals surface area contributed by atoms with Crippen LogP contribution in [0.5, 0.6) is 0 Å². The van der Waals surface area contributed by atoms with Crippen LogP contribution in [-0.2, 0) is 0 Å². The average Bonchev–Trinajstić information content (AvgIpc) is 2.15. The molecule has 0 aliphatic heterocycles. The number of rotatable bonds is 1. The molecular formula is C10H7ClN2O2. The van der Waals surface area contributed by atoms with Crippen LogP contribution in [0, 0.1) is 6.92 Å². The number of aromatic carboxylic acids is 1. The van der Waals surface area contributed by atoms with Crippen LogP contribution in [0.25, 0.3) is 11.0 Å². The van der Waals surface area contributed by atoms with E-state index in [1.54, 1.807) is 12.3 Å². The smallest absolute Gasteiger partial charge is 0.356 e. The van der Waals surface area contributed by atoms with E-state index in [1.165, 1.54) is 0 Å². The lowest BCUT2D eigenvalue weighted by Gasteiger charge is -2.01. The molecule has 0 aromatic carbocycles. The van der Waals surface area contributed by atoms with Crippen molar-refractivity contribution < 1.29 is 9.90 Å². The Hall–Kier alpha value is -1.68. The van der Waals surface area contributed by atoms with Gasteiger partial charge in [-0.2, -0.15) is 0 Å². The van der Waals surface area contributed by atoms with E-state index in [4.69, 9.17) is 16.7 Å². The molecule has 0 amide bonds. The van der Waals surface area contributed by atoms with E-state index in [-0.39, 0.29) is 10.7 Å². The Kier molecular flexibility index (Phi) is 2.28. The van der Waals surface area contributed by atoms with Crippen molar-refractivity contribution in [3.63, 3.8) is 0 Å². The van der Waals surface area contributed by atoms with Gasteiger partial charge >= 0.3 is 5.97 Å². The van der Waals surface area contributed by atoms with Crippen molar-refractivity contribution in [2.24, 2.45) is 0 Å². The van der Waals surface area contributed by atoms with Gasteiger partial charge in [0.25, 0.3) is 0 Å². The highest BCUT2D eigenvalue weighted by Gasteiger charge is 2.12. The van der Waals surface area contributed by atoms with Crippen LogP contribution in [0.2, 0.25) is 5.02 Å². The number of aryl methyl sites for hydroxylation is 1. The van der Waals surface area contributed by atoms with E-state index in [0.717, 1.165) is 10.9 Å². The number of carboxylic acids is 1. The molecule has 0 atom stereocenters. The molecule has 0 aliphatic carbocycles. The zero-order valence-corrected chi connectivity index (χ0v) is 8.62. The Balaban J connectivity index is 2.76. The minimum Gasteiger partial charge on any atom is -0.476 e. The van der Waals surface area contributed by atoms with Crippen molar-refractivity contribution in [3.8, 4) is 0 Å². The van der Waals surface area contributed by atoms with Gasteiger partial charge in [0.1, 0.15) is 0 Å². The maximum Gasteiger partial charge on any atom is 0.356 e. The first-order chi connectivity index (χ1) is 7.08. The van der Waals surface area contributed by atoms with E-state index in [0.29, 0.717) is 5.65 Å². The lowest BCUT2D eigenvalue weighted by Crippen LogP contribution is -2.02. The van der Waals surface area contributed by atoms with Gasteiger partial charge in [0.05, 0.1) is 5.02 Å². The van der Waals surface area contributed by atoms with E-state index in [9.17, 15) is 4.79 Å². The van der Waals surface area contributed by atoms with Crippen LogP contribution in [0.3, 0.4) is 0 Å². The fraction of sp³-hybridized carbons (Fsp3) is 0.100. The molecule has 2 aromatic heterocycles. The number of aromatic nitrogens is 2. The van der Waals surface area contributed by atoms with Crippen LogP contribution in [-0.4, -0.2) is 21.0 Å². The number of hydrogen-bond acceptors (Lipinski definition) is 3. The average molecular weight is 223 g/mol. The maximum atomic E-state index is 10.8. The molecule has 2 heterocycles. The first-order valence-corrected chi connectivity index (χ1v) is 4.62. The largest absolute Gasteiger partial charge is 0.476 e. The lowest BCUT2D eigenvalue weighted by atomic mass is 10.2. The highest BCUT2D eigenvalue weighted by Crippen LogP contribution is 2.20. The fourth-order valence-electron chi connectivity index (χ4n) is 1.30. The second-order valence-electron chi connectivity index (χ2n) is 3.18. The molecule has 0 spiro atoms. The number of hydrogen-bond donors (Lipinski definition) is 1. The molecule has 0 unspecified atom stereocenters. The summed E-state index contributed by atoms with van der Waals surface area (Å²) >= 11 is 5.78. The van der Waals surface area contributed by atoms with Crippen molar-refractivity contribution in [1.82, 2.24) is 9.97 Å². The maximum absolute atomic E-state index is 10.8. The highest BCUT2D eigenvalue weighted by molar-refractivity contribution is 6.33. The molecule has 2 rings (SSSR count). The summed E-state index contributed by atoms with van der Waals surface area (Å²) in [7, 11) is 0. The molecule has 5 heteroatoms. The molecule has 0 saturated heterocycles. The summed E-state index contributed by atoms with van der Waals surface area (Å²) in [5.74, 6) is -1.15. The predicted molar refractivity (Wildman–Crippen MR) is 56.2 cm³/mol. The number of carbonyl (C=O) groups is 1. The Morgan fingerprint density at radius 3 is 2.87 bits per heavy atom. The van der Waals surface area contributed by atoms with E-state index in [1.807, 2.05) is 13.0 Å². The minimum atomic E-state index is -1.15. The van der Waals surface area contributed by atoms with E-state index >= 15 is 0 Å². The standard InChI is InChI=1S/C10H7ClN2O2/c1-5-2-6-3-7(11)8(10(14)15)13-9(6)12-4-5/h2-4H,1H3,(H,14,15). The fourth-order valence-corrected chi connectivity index (χ4v) is 1.54. The van der Waals surface area contributed by atoms with Crippen LogP contribution in [0.4, 0.5) is 0 Å². The number of halogens is 1. The van der Waals surface area contributed by atoms with Crippen molar-refractivity contribution >= 4 is 28.6 Å². The Morgan fingerprint density at radius 2 is 2.20 bits per heavy atom. The molecule has 15 heavy (non-hydrogen) atoms. The molecule has 4 nitrogen and oxygen atoms in total. The zero-order chi connectivity index (χ0) is 11.0. The number of fused-ring (bicyclic) bond motifs is 1. The van der Waals surface area contributed by atoms with Gasteiger partial charge < -0.3 is 5.11 Å². The van der Waals surface area contributed by atoms with Crippen LogP contribution in [0.15, 0.2) is 18.3 Å². The van der Waals surface area contributed by atoms with Gasteiger partial charge in [0, 0.05) is 11.6 Å². The first-order valence-electron chi connectivity index (χ1n) is 4.24. The third kappa shape index (κ3) is 1.76. The molecule has 0 saturated carbocycles. The molecule has 1 N–H and O–H groups in total.